The second-order valence-corrected chi connectivity index (χ2v) is 3.08. The Bertz CT molecular complexity index is 347. The number of carbonyl (C=O) groups excluding carboxylic acids is 1. The number of amides is 1. The first-order chi connectivity index (χ1) is 6.56. The summed E-state index contributed by atoms with van der Waals surface area (Å²) in [6, 6.07) is 4.41. The fourth-order valence-electron chi connectivity index (χ4n) is 1.10. The Hall–Kier alpha value is -1.71. The predicted octanol–water partition coefficient (Wildman–Crippen LogP) is 1.10. The molecule has 0 unspecified atom stereocenters. The van der Waals surface area contributed by atoms with E-state index in [0.29, 0.717) is 11.3 Å². The molecule has 76 valence electrons. The van der Waals surface area contributed by atoms with E-state index >= 15 is 0 Å². The molecule has 0 atom stereocenters. The Balaban J connectivity index is 3.14. The quantitative estimate of drug-likeness (QED) is 0.768. The largest absolute Gasteiger partial charge is 0.508 e. The molecule has 4 heteroatoms. The zero-order valence-electron chi connectivity index (χ0n) is 8.44. The van der Waals surface area contributed by atoms with Gasteiger partial charge in [-0.25, -0.2) is 0 Å². The van der Waals surface area contributed by atoms with Crippen LogP contribution in [0, 0.1) is 0 Å². The number of phenolic OH excluding ortho intramolecular Hbond substituents is 1. The van der Waals surface area contributed by atoms with E-state index in [1.165, 1.54) is 30.2 Å². The lowest BCUT2D eigenvalue weighted by molar-refractivity contribution is 0.0824. The number of aromatic hydroxyl groups is 1. The van der Waals surface area contributed by atoms with E-state index in [9.17, 15) is 9.90 Å². The minimum absolute atomic E-state index is 0.0807. The topological polar surface area (TPSA) is 49.8 Å². The van der Waals surface area contributed by atoms with Crippen LogP contribution >= 0.6 is 0 Å². The molecule has 1 amide bonds. The molecule has 0 aliphatic rings. The molecule has 1 N–H and O–H groups in total. The van der Waals surface area contributed by atoms with Gasteiger partial charge in [-0.1, -0.05) is 0 Å². The molecule has 0 aromatic heterocycles. The average molecular weight is 195 g/mol. The molecule has 14 heavy (non-hydrogen) atoms. The Morgan fingerprint density at radius 2 is 2.07 bits per heavy atom. The molecule has 0 bridgehead atoms. The second-order valence-electron chi connectivity index (χ2n) is 3.08. The number of rotatable bonds is 2. The summed E-state index contributed by atoms with van der Waals surface area (Å²) in [5.74, 6) is 0.308. The van der Waals surface area contributed by atoms with E-state index < -0.39 is 0 Å². The fraction of sp³-hybridized carbons (Fsp3) is 0.300. The number of ether oxygens (including phenoxy) is 1. The predicted molar refractivity (Wildman–Crippen MR) is 52.7 cm³/mol. The van der Waals surface area contributed by atoms with Gasteiger partial charge in [-0.15, -0.1) is 0 Å². The summed E-state index contributed by atoms with van der Waals surface area (Å²) in [6.07, 6.45) is 0. The van der Waals surface area contributed by atoms with Crippen LogP contribution in [-0.2, 0) is 0 Å². The van der Waals surface area contributed by atoms with Crippen molar-refractivity contribution < 1.29 is 14.6 Å². The number of methoxy groups -OCH3 is 1. The average Bonchev–Trinajstić information content (AvgIpc) is 2.16. The first kappa shape index (κ1) is 10.4. The molecular formula is C10H13NO3. The van der Waals surface area contributed by atoms with Crippen LogP contribution in [0.1, 0.15) is 10.4 Å². The van der Waals surface area contributed by atoms with Crippen molar-refractivity contribution in [3.05, 3.63) is 23.8 Å². The van der Waals surface area contributed by atoms with Crippen molar-refractivity contribution in [2.75, 3.05) is 21.2 Å². The zero-order valence-corrected chi connectivity index (χ0v) is 8.44. The maximum atomic E-state index is 11.6. The maximum Gasteiger partial charge on any atom is 0.257 e. The number of hydrogen-bond donors (Lipinski definition) is 1. The van der Waals surface area contributed by atoms with Crippen molar-refractivity contribution in [3.8, 4) is 11.5 Å². The van der Waals surface area contributed by atoms with E-state index in [-0.39, 0.29) is 11.7 Å². The Kier molecular flexibility index (Phi) is 2.96. The summed E-state index contributed by atoms with van der Waals surface area (Å²) in [6.45, 7) is 0. The van der Waals surface area contributed by atoms with Gasteiger partial charge in [0.25, 0.3) is 5.91 Å². The van der Waals surface area contributed by atoms with Gasteiger partial charge in [0.15, 0.2) is 0 Å². The van der Waals surface area contributed by atoms with Gasteiger partial charge in [-0.3, -0.25) is 4.79 Å². The molecule has 0 fully saturated rings. The van der Waals surface area contributed by atoms with Gasteiger partial charge in [-0.05, 0) is 12.1 Å². The van der Waals surface area contributed by atoms with E-state index in [0.717, 1.165) is 0 Å². The third-order valence-corrected chi connectivity index (χ3v) is 1.82. The van der Waals surface area contributed by atoms with Gasteiger partial charge in [-0.2, -0.15) is 0 Å². The van der Waals surface area contributed by atoms with Crippen molar-refractivity contribution >= 4 is 5.91 Å². The first-order valence-corrected chi connectivity index (χ1v) is 4.15. The third kappa shape index (κ3) is 1.96. The molecule has 0 saturated carbocycles. The van der Waals surface area contributed by atoms with Gasteiger partial charge in [0.2, 0.25) is 0 Å². The molecule has 0 aliphatic carbocycles. The molecule has 1 aromatic rings. The number of phenols is 1. The van der Waals surface area contributed by atoms with Crippen molar-refractivity contribution in [2.45, 2.75) is 0 Å². The maximum absolute atomic E-state index is 11.6. The van der Waals surface area contributed by atoms with Crippen LogP contribution in [-0.4, -0.2) is 37.1 Å². The van der Waals surface area contributed by atoms with Crippen LogP contribution in [0.3, 0.4) is 0 Å². The van der Waals surface area contributed by atoms with Crippen LogP contribution in [0.15, 0.2) is 18.2 Å². The molecule has 0 aliphatic heterocycles. The van der Waals surface area contributed by atoms with Crippen molar-refractivity contribution in [1.82, 2.24) is 4.90 Å². The van der Waals surface area contributed by atoms with E-state index in [4.69, 9.17) is 4.74 Å². The molecule has 4 nitrogen and oxygen atoms in total. The Labute approximate surface area is 82.7 Å². The molecule has 0 spiro atoms. The standard InChI is InChI=1S/C10H13NO3/c1-11(2)10(13)8-5-4-7(12)6-9(8)14-3/h4-6,12H,1-3H3. The number of carbonyl (C=O) groups is 1. The highest BCUT2D eigenvalue weighted by atomic mass is 16.5. The smallest absolute Gasteiger partial charge is 0.257 e. The minimum Gasteiger partial charge on any atom is -0.508 e. The summed E-state index contributed by atoms with van der Waals surface area (Å²) in [5, 5.41) is 9.18. The van der Waals surface area contributed by atoms with Crippen molar-refractivity contribution in [2.24, 2.45) is 0 Å². The van der Waals surface area contributed by atoms with Gasteiger partial charge >= 0.3 is 0 Å². The second kappa shape index (κ2) is 4.00. The molecule has 0 radical (unpaired) electrons. The monoisotopic (exact) mass is 195 g/mol. The minimum atomic E-state index is -0.151. The van der Waals surface area contributed by atoms with Gasteiger partial charge < -0.3 is 14.7 Å². The van der Waals surface area contributed by atoms with Crippen LogP contribution in [0.25, 0.3) is 0 Å². The highest BCUT2D eigenvalue weighted by molar-refractivity contribution is 5.96. The van der Waals surface area contributed by atoms with Crippen LogP contribution in [0.5, 0.6) is 11.5 Å². The Morgan fingerprint density at radius 1 is 1.43 bits per heavy atom. The normalized spacial score (nSPS) is 9.64. The number of nitrogens with zero attached hydrogens (tertiary/aromatic N) is 1. The SMILES string of the molecule is COc1cc(O)ccc1C(=O)N(C)C. The van der Waals surface area contributed by atoms with Gasteiger partial charge in [0.1, 0.15) is 11.5 Å². The highest BCUT2D eigenvalue weighted by Gasteiger charge is 2.13. The summed E-state index contributed by atoms with van der Waals surface area (Å²) < 4.78 is 4.99. The highest BCUT2D eigenvalue weighted by Crippen LogP contribution is 2.24. The van der Waals surface area contributed by atoms with E-state index in [1.807, 2.05) is 0 Å². The number of hydrogen-bond acceptors (Lipinski definition) is 3. The van der Waals surface area contributed by atoms with Crippen LogP contribution in [0.4, 0.5) is 0 Å². The fourth-order valence-corrected chi connectivity index (χ4v) is 1.10. The van der Waals surface area contributed by atoms with Crippen LogP contribution in [0.2, 0.25) is 0 Å². The summed E-state index contributed by atoms with van der Waals surface area (Å²) >= 11 is 0. The number of benzene rings is 1. The van der Waals surface area contributed by atoms with E-state index in [1.54, 1.807) is 14.1 Å². The molecule has 0 saturated heterocycles. The summed E-state index contributed by atoms with van der Waals surface area (Å²) in [4.78, 5) is 13.1. The molecule has 0 heterocycles. The van der Waals surface area contributed by atoms with Crippen molar-refractivity contribution in [1.29, 1.82) is 0 Å². The third-order valence-electron chi connectivity index (χ3n) is 1.82. The lowest BCUT2D eigenvalue weighted by Crippen LogP contribution is -2.22. The zero-order chi connectivity index (χ0) is 10.7. The van der Waals surface area contributed by atoms with Gasteiger partial charge in [0, 0.05) is 20.2 Å². The van der Waals surface area contributed by atoms with E-state index in [2.05, 4.69) is 0 Å². The van der Waals surface area contributed by atoms with Gasteiger partial charge in [0.05, 0.1) is 12.7 Å². The molecule has 1 aromatic carbocycles. The summed E-state index contributed by atoms with van der Waals surface area (Å²) in [7, 11) is 4.78. The lowest BCUT2D eigenvalue weighted by Gasteiger charge is -2.13. The van der Waals surface area contributed by atoms with Crippen LogP contribution < -0.4 is 4.74 Å². The molecular weight excluding hydrogens is 182 g/mol. The lowest BCUT2D eigenvalue weighted by atomic mass is 10.1. The molecule has 1 rings (SSSR count). The first-order valence-electron chi connectivity index (χ1n) is 4.15. The summed E-state index contributed by atoms with van der Waals surface area (Å²) in [5.41, 5.74) is 0.440. The van der Waals surface area contributed by atoms with Crippen molar-refractivity contribution in [3.63, 3.8) is 0 Å². The Morgan fingerprint density at radius 3 is 2.57 bits per heavy atom.